The van der Waals surface area contributed by atoms with Crippen LogP contribution in [0.5, 0.6) is 0 Å². The molecule has 0 aliphatic heterocycles. The van der Waals surface area contributed by atoms with E-state index in [1.807, 2.05) is 0 Å². The topological polar surface area (TPSA) is 52.6 Å². The lowest BCUT2D eigenvalue weighted by molar-refractivity contribution is -0.170. The van der Waals surface area contributed by atoms with E-state index >= 15 is 0 Å². The third kappa shape index (κ3) is 2.36. The normalized spacial score (nSPS) is 32.3. The number of fused-ring (bicyclic) bond motifs is 1. The molecule has 0 amide bonds. The highest BCUT2D eigenvalue weighted by Gasteiger charge is 2.57. The molecular formula is C16H24O4. The lowest BCUT2D eigenvalue weighted by atomic mass is 9.50. The summed E-state index contributed by atoms with van der Waals surface area (Å²) in [6, 6.07) is 0. The first-order valence-electron chi connectivity index (χ1n) is 7.40. The molecule has 0 aromatic rings. The molecule has 112 valence electrons. The van der Waals surface area contributed by atoms with Crippen molar-refractivity contribution in [2.45, 2.75) is 51.4 Å². The lowest BCUT2D eigenvalue weighted by Gasteiger charge is -2.53. The molecule has 0 unspecified atom stereocenters. The summed E-state index contributed by atoms with van der Waals surface area (Å²) in [5.74, 6) is -0.301. The summed E-state index contributed by atoms with van der Waals surface area (Å²) in [6.07, 6.45) is 11.0. The van der Waals surface area contributed by atoms with Gasteiger partial charge in [0, 0.05) is 6.42 Å². The van der Waals surface area contributed by atoms with Gasteiger partial charge in [0.25, 0.3) is 0 Å². The lowest BCUT2D eigenvalue weighted by Crippen LogP contribution is -2.51. The molecule has 1 fully saturated rings. The summed E-state index contributed by atoms with van der Waals surface area (Å²) < 4.78 is 9.88. The second kappa shape index (κ2) is 5.98. The van der Waals surface area contributed by atoms with E-state index in [0.29, 0.717) is 12.8 Å². The number of hydrogen-bond acceptors (Lipinski definition) is 4. The molecule has 0 aromatic heterocycles. The third-order valence-corrected chi connectivity index (χ3v) is 5.28. The highest BCUT2D eigenvalue weighted by atomic mass is 16.5. The van der Waals surface area contributed by atoms with Gasteiger partial charge in [-0.15, -0.1) is 0 Å². The number of carbonyl (C=O) groups excluding carboxylic acids is 2. The first-order chi connectivity index (χ1) is 9.60. The van der Waals surface area contributed by atoms with Crippen molar-refractivity contribution < 1.29 is 19.1 Å². The Hall–Kier alpha value is -1.32. The van der Waals surface area contributed by atoms with Crippen LogP contribution < -0.4 is 0 Å². The molecule has 2 aliphatic rings. The number of ether oxygens (including phenoxy) is 2. The number of esters is 2. The molecule has 0 radical (unpaired) electrons. The second-order valence-corrected chi connectivity index (χ2v) is 6.02. The van der Waals surface area contributed by atoms with Gasteiger partial charge in [0.2, 0.25) is 0 Å². The van der Waals surface area contributed by atoms with Crippen LogP contribution in [0.1, 0.15) is 51.4 Å². The van der Waals surface area contributed by atoms with Gasteiger partial charge in [0.05, 0.1) is 19.6 Å². The Bertz CT molecular complexity index is 415. The first kappa shape index (κ1) is 15.1. The fourth-order valence-electron chi connectivity index (χ4n) is 4.11. The highest BCUT2D eigenvalue weighted by molar-refractivity contribution is 5.79. The van der Waals surface area contributed by atoms with Crippen molar-refractivity contribution in [1.29, 1.82) is 0 Å². The number of carbonyl (C=O) groups is 2. The summed E-state index contributed by atoms with van der Waals surface area (Å²) in [7, 11) is 2.88. The number of hydrogen-bond donors (Lipinski definition) is 0. The van der Waals surface area contributed by atoms with E-state index in [9.17, 15) is 9.59 Å². The van der Waals surface area contributed by atoms with Crippen molar-refractivity contribution in [2.24, 2.45) is 10.8 Å². The molecule has 20 heavy (non-hydrogen) atoms. The van der Waals surface area contributed by atoms with Gasteiger partial charge in [-0.3, -0.25) is 9.59 Å². The van der Waals surface area contributed by atoms with E-state index in [1.165, 1.54) is 14.2 Å². The van der Waals surface area contributed by atoms with Crippen LogP contribution in [-0.2, 0) is 19.1 Å². The summed E-state index contributed by atoms with van der Waals surface area (Å²) in [4.78, 5) is 24.0. The summed E-state index contributed by atoms with van der Waals surface area (Å²) >= 11 is 0. The first-order valence-corrected chi connectivity index (χ1v) is 7.40. The third-order valence-electron chi connectivity index (χ3n) is 5.28. The van der Waals surface area contributed by atoms with Crippen molar-refractivity contribution in [1.82, 2.24) is 0 Å². The minimum Gasteiger partial charge on any atom is -0.469 e. The minimum absolute atomic E-state index is 0.105. The molecule has 2 rings (SSSR count). The SMILES string of the molecule is COC(=O)CC[C@]12CC=CC[C@@]1(C(=O)OC)CCCC2. The monoisotopic (exact) mass is 280 g/mol. The van der Waals surface area contributed by atoms with Gasteiger partial charge in [-0.05, 0) is 37.5 Å². The fraction of sp³-hybridized carbons (Fsp3) is 0.750. The Kier molecular flexibility index (Phi) is 4.51. The molecule has 0 heterocycles. The van der Waals surface area contributed by atoms with Gasteiger partial charge in [0.1, 0.15) is 0 Å². The fourth-order valence-corrected chi connectivity index (χ4v) is 4.11. The Labute approximate surface area is 120 Å². The van der Waals surface area contributed by atoms with Crippen molar-refractivity contribution in [3.63, 3.8) is 0 Å². The molecule has 4 nitrogen and oxygen atoms in total. The summed E-state index contributed by atoms with van der Waals surface area (Å²) in [5, 5.41) is 0. The Morgan fingerprint density at radius 1 is 1.05 bits per heavy atom. The van der Waals surface area contributed by atoms with Crippen molar-refractivity contribution in [3.8, 4) is 0 Å². The van der Waals surface area contributed by atoms with Crippen molar-refractivity contribution >= 4 is 11.9 Å². The minimum atomic E-state index is -0.442. The van der Waals surface area contributed by atoms with Gasteiger partial charge in [-0.1, -0.05) is 25.0 Å². The molecule has 0 aromatic carbocycles. The van der Waals surface area contributed by atoms with E-state index in [4.69, 9.17) is 9.47 Å². The molecule has 0 bridgehead atoms. The standard InChI is InChI=1S/C16H24O4/c1-19-13(17)7-12-15-8-3-5-10-16(15,14(18)20-2)11-6-4-9-15/h3,5H,4,6-12H2,1-2H3/t15-,16+/m1/s1. The number of methoxy groups -OCH3 is 2. The van der Waals surface area contributed by atoms with Gasteiger partial charge >= 0.3 is 11.9 Å². The Balaban J connectivity index is 2.29. The van der Waals surface area contributed by atoms with Gasteiger partial charge in [-0.2, -0.15) is 0 Å². The maximum Gasteiger partial charge on any atom is 0.312 e. The smallest absolute Gasteiger partial charge is 0.312 e. The Morgan fingerprint density at radius 3 is 2.45 bits per heavy atom. The average Bonchev–Trinajstić information content (AvgIpc) is 2.51. The molecule has 1 saturated carbocycles. The van der Waals surface area contributed by atoms with Crippen LogP contribution in [-0.4, -0.2) is 26.2 Å². The molecule has 0 spiro atoms. The Morgan fingerprint density at radius 2 is 1.75 bits per heavy atom. The van der Waals surface area contributed by atoms with E-state index in [1.54, 1.807) is 0 Å². The van der Waals surface area contributed by atoms with Crippen LogP contribution in [0.2, 0.25) is 0 Å². The maximum atomic E-state index is 12.5. The highest BCUT2D eigenvalue weighted by Crippen LogP contribution is 2.60. The van der Waals surface area contributed by atoms with Crippen LogP contribution in [0.15, 0.2) is 12.2 Å². The predicted molar refractivity (Wildman–Crippen MR) is 75.0 cm³/mol. The van der Waals surface area contributed by atoms with E-state index in [2.05, 4.69) is 12.2 Å². The van der Waals surface area contributed by atoms with Gasteiger partial charge in [0.15, 0.2) is 0 Å². The molecule has 4 heteroatoms. The van der Waals surface area contributed by atoms with E-state index in [-0.39, 0.29) is 17.4 Å². The zero-order chi connectivity index (χ0) is 14.6. The number of rotatable bonds is 4. The van der Waals surface area contributed by atoms with Gasteiger partial charge < -0.3 is 9.47 Å². The zero-order valence-electron chi connectivity index (χ0n) is 12.4. The van der Waals surface area contributed by atoms with Crippen LogP contribution in [0.25, 0.3) is 0 Å². The predicted octanol–water partition coefficient (Wildman–Crippen LogP) is 3.01. The van der Waals surface area contributed by atoms with Gasteiger partial charge in [-0.25, -0.2) is 0 Å². The van der Waals surface area contributed by atoms with Crippen LogP contribution in [0.4, 0.5) is 0 Å². The zero-order valence-corrected chi connectivity index (χ0v) is 12.4. The van der Waals surface area contributed by atoms with E-state index < -0.39 is 5.41 Å². The maximum absolute atomic E-state index is 12.5. The van der Waals surface area contributed by atoms with E-state index in [0.717, 1.165) is 38.5 Å². The van der Waals surface area contributed by atoms with Crippen LogP contribution >= 0.6 is 0 Å². The molecule has 0 saturated heterocycles. The number of allylic oxidation sites excluding steroid dienone is 2. The largest absolute Gasteiger partial charge is 0.469 e. The molecule has 2 aliphatic carbocycles. The van der Waals surface area contributed by atoms with Crippen LogP contribution in [0, 0.1) is 10.8 Å². The molecule has 2 atom stereocenters. The molecular weight excluding hydrogens is 256 g/mol. The second-order valence-electron chi connectivity index (χ2n) is 6.02. The van der Waals surface area contributed by atoms with Crippen molar-refractivity contribution in [3.05, 3.63) is 12.2 Å². The quantitative estimate of drug-likeness (QED) is 0.587. The molecule has 0 N–H and O–H groups in total. The van der Waals surface area contributed by atoms with Crippen molar-refractivity contribution in [2.75, 3.05) is 14.2 Å². The summed E-state index contributed by atoms with van der Waals surface area (Å²) in [6.45, 7) is 0. The summed E-state index contributed by atoms with van der Waals surface area (Å²) in [5.41, 5.74) is -0.579. The van der Waals surface area contributed by atoms with Crippen LogP contribution in [0.3, 0.4) is 0 Å². The average molecular weight is 280 g/mol.